The van der Waals surface area contributed by atoms with Crippen LogP contribution in [0, 0.1) is 0 Å². The van der Waals surface area contributed by atoms with Crippen molar-refractivity contribution in [3.8, 4) is 28.5 Å². The summed E-state index contributed by atoms with van der Waals surface area (Å²) in [6.07, 6.45) is 0.708. The van der Waals surface area contributed by atoms with Gasteiger partial charge in [0.25, 0.3) is 5.91 Å². The van der Waals surface area contributed by atoms with Crippen LogP contribution in [0.25, 0.3) is 11.3 Å². The Bertz CT molecular complexity index is 1160. The average molecular weight is 454 g/mol. The third-order valence-corrected chi connectivity index (χ3v) is 5.85. The minimum Gasteiger partial charge on any atom is -0.493 e. The number of nitrogens with one attached hydrogen (secondary N) is 2. The molecule has 0 radical (unpaired) electrons. The molecule has 0 saturated heterocycles. The molecule has 3 aromatic rings. The molecule has 2 N–H and O–H groups in total. The first-order chi connectivity index (χ1) is 15.5. The van der Waals surface area contributed by atoms with Gasteiger partial charge in [-0.25, -0.2) is 4.98 Å². The summed E-state index contributed by atoms with van der Waals surface area (Å²) in [5.41, 5.74) is 2.97. The number of anilines is 1. The summed E-state index contributed by atoms with van der Waals surface area (Å²) in [5.74, 6) is 1.41. The van der Waals surface area contributed by atoms with Gasteiger partial charge in [-0.05, 0) is 36.4 Å². The van der Waals surface area contributed by atoms with E-state index in [1.54, 1.807) is 25.3 Å². The van der Waals surface area contributed by atoms with E-state index in [9.17, 15) is 9.59 Å². The number of hydrogen-bond acceptors (Lipinski definition) is 7. The number of aromatic nitrogens is 1. The molecular formula is C23H23N3O5S. The Morgan fingerprint density at radius 1 is 1.12 bits per heavy atom. The first-order valence-electron chi connectivity index (χ1n) is 10.0. The zero-order valence-corrected chi connectivity index (χ0v) is 18.7. The normalized spacial score (nSPS) is 14.7. The molecule has 4 rings (SSSR count). The molecule has 1 aliphatic heterocycles. The molecule has 1 atom stereocenters. The fourth-order valence-electron chi connectivity index (χ4n) is 3.56. The highest BCUT2D eigenvalue weighted by molar-refractivity contribution is 7.14. The Balaban J connectivity index is 1.53. The molecule has 1 aromatic heterocycles. The molecule has 0 saturated carbocycles. The number of nitrogens with zero attached hydrogens (tertiary/aromatic N) is 1. The van der Waals surface area contributed by atoms with E-state index in [0.29, 0.717) is 35.2 Å². The summed E-state index contributed by atoms with van der Waals surface area (Å²) < 4.78 is 16.2. The van der Waals surface area contributed by atoms with E-state index < -0.39 is 0 Å². The van der Waals surface area contributed by atoms with E-state index >= 15 is 0 Å². The maximum absolute atomic E-state index is 12.7. The van der Waals surface area contributed by atoms with E-state index in [-0.39, 0.29) is 17.9 Å². The lowest BCUT2D eigenvalue weighted by Crippen LogP contribution is -2.30. The number of carbonyl (C=O) groups excluding carboxylic acids is 2. The topological polar surface area (TPSA) is 98.8 Å². The largest absolute Gasteiger partial charge is 0.493 e. The summed E-state index contributed by atoms with van der Waals surface area (Å²) in [6.45, 7) is 2.06. The summed E-state index contributed by atoms with van der Waals surface area (Å²) in [5, 5.41) is 8.15. The van der Waals surface area contributed by atoms with Gasteiger partial charge in [-0.15, -0.1) is 11.3 Å². The van der Waals surface area contributed by atoms with E-state index in [1.165, 1.54) is 25.4 Å². The summed E-state index contributed by atoms with van der Waals surface area (Å²) >= 11 is 1.33. The van der Waals surface area contributed by atoms with E-state index in [4.69, 9.17) is 14.2 Å². The number of rotatable bonds is 6. The van der Waals surface area contributed by atoms with Crippen molar-refractivity contribution < 1.29 is 23.8 Å². The van der Waals surface area contributed by atoms with Crippen molar-refractivity contribution in [2.75, 3.05) is 26.1 Å². The minimum atomic E-state index is -0.295. The molecular weight excluding hydrogens is 430 g/mol. The fourth-order valence-corrected chi connectivity index (χ4v) is 4.27. The van der Waals surface area contributed by atoms with Crippen LogP contribution in [0.15, 0.2) is 41.8 Å². The standard InChI is InChI=1S/C23H23N3O5S/c1-13(27)24-17-8-9-31-19-6-4-14(10-16(17)19)18-12-32-23(25-18)26-22(28)15-5-7-20(29-2)21(11-15)30-3/h4-7,10-12,17H,8-9H2,1-3H3,(H,24,27)(H,25,26,28). The van der Waals surface area contributed by atoms with Crippen molar-refractivity contribution in [1.82, 2.24) is 10.3 Å². The molecule has 1 unspecified atom stereocenters. The van der Waals surface area contributed by atoms with E-state index in [1.807, 2.05) is 23.6 Å². The van der Waals surface area contributed by atoms with Crippen LogP contribution in [-0.2, 0) is 4.79 Å². The van der Waals surface area contributed by atoms with Gasteiger partial charge in [-0.3, -0.25) is 14.9 Å². The Morgan fingerprint density at radius 3 is 2.69 bits per heavy atom. The predicted octanol–water partition coefficient (Wildman–Crippen LogP) is 4.04. The van der Waals surface area contributed by atoms with Crippen molar-refractivity contribution >= 4 is 28.3 Å². The number of carbonyl (C=O) groups is 2. The first kappa shape index (κ1) is 21.6. The molecule has 1 aliphatic rings. The molecule has 166 valence electrons. The van der Waals surface area contributed by atoms with Crippen molar-refractivity contribution in [3.63, 3.8) is 0 Å². The number of fused-ring (bicyclic) bond motifs is 1. The Kier molecular flexibility index (Phi) is 6.27. The summed E-state index contributed by atoms with van der Waals surface area (Å²) in [6, 6.07) is 10.7. The second-order valence-corrected chi connectivity index (χ2v) is 8.06. The van der Waals surface area contributed by atoms with Crippen molar-refractivity contribution in [3.05, 3.63) is 52.9 Å². The highest BCUT2D eigenvalue weighted by Gasteiger charge is 2.23. The molecule has 32 heavy (non-hydrogen) atoms. The van der Waals surface area contributed by atoms with E-state index in [2.05, 4.69) is 15.6 Å². The van der Waals surface area contributed by atoms with Crippen LogP contribution in [0.2, 0.25) is 0 Å². The predicted molar refractivity (Wildman–Crippen MR) is 122 cm³/mol. The third kappa shape index (κ3) is 4.52. The van der Waals surface area contributed by atoms with Gasteiger partial charge in [0.1, 0.15) is 5.75 Å². The van der Waals surface area contributed by atoms with Crippen LogP contribution in [-0.4, -0.2) is 37.6 Å². The number of benzene rings is 2. The Labute approximate surface area is 189 Å². The highest BCUT2D eigenvalue weighted by Crippen LogP contribution is 2.36. The second-order valence-electron chi connectivity index (χ2n) is 7.20. The number of thiazole rings is 1. The van der Waals surface area contributed by atoms with Crippen molar-refractivity contribution in [2.24, 2.45) is 0 Å². The van der Waals surface area contributed by atoms with Crippen LogP contribution in [0.5, 0.6) is 17.2 Å². The average Bonchev–Trinajstić information content (AvgIpc) is 3.26. The number of amides is 2. The second kappa shape index (κ2) is 9.27. The monoisotopic (exact) mass is 453 g/mol. The van der Waals surface area contributed by atoms with Gasteiger partial charge >= 0.3 is 0 Å². The van der Waals surface area contributed by atoms with Crippen LogP contribution >= 0.6 is 11.3 Å². The Hall–Kier alpha value is -3.59. The molecule has 8 nitrogen and oxygen atoms in total. The number of ether oxygens (including phenoxy) is 3. The van der Waals surface area contributed by atoms with Gasteiger partial charge in [0.15, 0.2) is 16.6 Å². The van der Waals surface area contributed by atoms with Gasteiger partial charge in [-0.1, -0.05) is 0 Å². The zero-order valence-electron chi connectivity index (χ0n) is 17.9. The van der Waals surface area contributed by atoms with Crippen LogP contribution in [0.1, 0.15) is 35.3 Å². The lowest BCUT2D eigenvalue weighted by Gasteiger charge is -2.26. The SMILES string of the molecule is COc1ccc(C(=O)Nc2nc(-c3ccc4c(c3)C(NC(C)=O)CCO4)cs2)cc1OC. The quantitative estimate of drug-likeness (QED) is 0.585. The Morgan fingerprint density at radius 2 is 1.94 bits per heavy atom. The van der Waals surface area contributed by atoms with Crippen LogP contribution < -0.4 is 24.8 Å². The van der Waals surface area contributed by atoms with Gasteiger partial charge in [0.05, 0.1) is 32.6 Å². The maximum atomic E-state index is 12.7. The van der Waals surface area contributed by atoms with Crippen molar-refractivity contribution in [2.45, 2.75) is 19.4 Å². The number of methoxy groups -OCH3 is 2. The van der Waals surface area contributed by atoms with E-state index in [0.717, 1.165) is 22.6 Å². The lowest BCUT2D eigenvalue weighted by molar-refractivity contribution is -0.119. The summed E-state index contributed by atoms with van der Waals surface area (Å²) in [4.78, 5) is 28.8. The smallest absolute Gasteiger partial charge is 0.257 e. The van der Waals surface area contributed by atoms with Crippen molar-refractivity contribution in [1.29, 1.82) is 0 Å². The molecule has 2 amide bonds. The van der Waals surface area contributed by atoms with Crippen LogP contribution in [0.3, 0.4) is 0 Å². The highest BCUT2D eigenvalue weighted by atomic mass is 32.1. The molecule has 2 heterocycles. The molecule has 0 spiro atoms. The summed E-state index contributed by atoms with van der Waals surface area (Å²) in [7, 11) is 3.06. The van der Waals surface area contributed by atoms with Gasteiger partial charge in [-0.2, -0.15) is 0 Å². The lowest BCUT2D eigenvalue weighted by atomic mass is 9.97. The minimum absolute atomic E-state index is 0.0814. The molecule has 0 fully saturated rings. The third-order valence-electron chi connectivity index (χ3n) is 5.09. The van der Waals surface area contributed by atoms with Gasteiger partial charge in [0, 0.05) is 35.4 Å². The van der Waals surface area contributed by atoms with Crippen LogP contribution in [0.4, 0.5) is 5.13 Å². The maximum Gasteiger partial charge on any atom is 0.257 e. The molecule has 9 heteroatoms. The molecule has 0 bridgehead atoms. The molecule has 2 aromatic carbocycles. The zero-order chi connectivity index (χ0) is 22.7. The number of hydrogen-bond donors (Lipinski definition) is 2. The van der Waals surface area contributed by atoms with Gasteiger partial charge in [0.2, 0.25) is 5.91 Å². The first-order valence-corrected chi connectivity index (χ1v) is 10.9. The fraction of sp³-hybridized carbons (Fsp3) is 0.261. The molecule has 0 aliphatic carbocycles. The van der Waals surface area contributed by atoms with Gasteiger partial charge < -0.3 is 19.5 Å².